The van der Waals surface area contributed by atoms with Crippen molar-refractivity contribution < 1.29 is 4.74 Å². The van der Waals surface area contributed by atoms with E-state index in [0.29, 0.717) is 12.0 Å². The summed E-state index contributed by atoms with van der Waals surface area (Å²) in [4.78, 5) is 0. The Morgan fingerprint density at radius 2 is 2.09 bits per heavy atom. The molecule has 0 aromatic rings. The molecule has 0 aliphatic rings. The Kier molecular flexibility index (Phi) is 6.63. The van der Waals surface area contributed by atoms with Crippen LogP contribution in [0.5, 0.6) is 0 Å². The van der Waals surface area contributed by atoms with Gasteiger partial charge in [0.25, 0.3) is 0 Å². The minimum absolute atomic E-state index is 0.363. The molecule has 2 atom stereocenters. The highest BCUT2D eigenvalue weighted by molar-refractivity contribution is 4.66. The Hall–Kier alpha value is -0.0400. The van der Waals surface area contributed by atoms with E-state index in [4.69, 9.17) is 4.74 Å². The second kappa shape index (κ2) is 6.66. The molecule has 0 aromatic heterocycles. The van der Waals surface area contributed by atoms with Crippen LogP contribution in [-0.2, 0) is 4.74 Å². The Balaban J connectivity index is 3.51. The summed E-state index contributed by atoms with van der Waals surface area (Å²) in [5, 5.41) is 0. The third-order valence-electron chi connectivity index (χ3n) is 2.23. The fourth-order valence-electron chi connectivity index (χ4n) is 1.35. The van der Waals surface area contributed by atoms with Gasteiger partial charge < -0.3 is 4.74 Å². The first-order valence-electron chi connectivity index (χ1n) is 4.58. The summed E-state index contributed by atoms with van der Waals surface area (Å²) in [5.74, 6) is 0.664. The van der Waals surface area contributed by atoms with Crippen LogP contribution in [0.4, 0.5) is 0 Å². The van der Waals surface area contributed by atoms with Gasteiger partial charge in [0.05, 0.1) is 6.10 Å². The summed E-state index contributed by atoms with van der Waals surface area (Å²) in [6.45, 7) is 8.33. The van der Waals surface area contributed by atoms with Crippen LogP contribution in [0.1, 0.15) is 39.5 Å². The van der Waals surface area contributed by atoms with Crippen molar-refractivity contribution in [2.45, 2.75) is 45.6 Å². The lowest BCUT2D eigenvalue weighted by molar-refractivity contribution is 0.0564. The maximum Gasteiger partial charge on any atom is 0.0596 e. The molecule has 0 spiro atoms. The van der Waals surface area contributed by atoms with Crippen molar-refractivity contribution in [1.82, 2.24) is 0 Å². The predicted octanol–water partition coefficient (Wildman–Crippen LogP) is 3.05. The first-order valence-corrected chi connectivity index (χ1v) is 4.58. The number of ether oxygens (including phenoxy) is 1. The average Bonchev–Trinajstić information content (AvgIpc) is 2.03. The molecule has 0 N–H and O–H groups in total. The number of rotatable bonds is 6. The summed E-state index contributed by atoms with van der Waals surface area (Å²) in [5.41, 5.74) is 0. The van der Waals surface area contributed by atoms with Crippen LogP contribution in [0.15, 0.2) is 0 Å². The number of hydrogen-bond donors (Lipinski definition) is 0. The molecule has 0 aliphatic carbocycles. The highest BCUT2D eigenvalue weighted by Gasteiger charge is 2.12. The van der Waals surface area contributed by atoms with E-state index in [1.54, 1.807) is 7.11 Å². The van der Waals surface area contributed by atoms with Crippen LogP contribution in [0.3, 0.4) is 0 Å². The van der Waals surface area contributed by atoms with E-state index >= 15 is 0 Å². The van der Waals surface area contributed by atoms with Gasteiger partial charge in [0.2, 0.25) is 0 Å². The van der Waals surface area contributed by atoms with Crippen molar-refractivity contribution >= 4 is 0 Å². The molecule has 0 saturated carbocycles. The predicted molar refractivity (Wildman–Crippen MR) is 49.5 cm³/mol. The van der Waals surface area contributed by atoms with Crippen molar-refractivity contribution in [3.8, 4) is 0 Å². The number of methoxy groups -OCH3 is 1. The fraction of sp³-hybridized carbons (Fsp3) is 0.900. The summed E-state index contributed by atoms with van der Waals surface area (Å²) in [6.07, 6.45) is 5.10. The van der Waals surface area contributed by atoms with Gasteiger partial charge in [0, 0.05) is 7.11 Å². The minimum atomic E-state index is 0.363. The molecule has 1 nitrogen and oxygen atoms in total. The van der Waals surface area contributed by atoms with Crippen LogP contribution in [0.25, 0.3) is 0 Å². The second-order valence-corrected chi connectivity index (χ2v) is 3.18. The molecule has 0 heterocycles. The summed E-state index contributed by atoms with van der Waals surface area (Å²) < 4.78 is 5.30. The van der Waals surface area contributed by atoms with E-state index in [0.717, 1.165) is 6.42 Å². The lowest BCUT2D eigenvalue weighted by atomic mass is 9.96. The Bertz CT molecular complexity index is 76.9. The lowest BCUT2D eigenvalue weighted by Gasteiger charge is -2.20. The average molecular weight is 157 g/mol. The van der Waals surface area contributed by atoms with Crippen molar-refractivity contribution in [3.63, 3.8) is 0 Å². The molecule has 1 heteroatoms. The molecule has 0 aliphatic heterocycles. The monoisotopic (exact) mass is 157 g/mol. The second-order valence-electron chi connectivity index (χ2n) is 3.18. The van der Waals surface area contributed by atoms with Crippen LogP contribution in [0, 0.1) is 12.8 Å². The molecule has 0 amide bonds. The molecule has 0 rings (SSSR count). The van der Waals surface area contributed by atoms with Crippen molar-refractivity contribution in [1.29, 1.82) is 0 Å². The van der Waals surface area contributed by atoms with Crippen LogP contribution in [-0.4, -0.2) is 13.2 Å². The van der Waals surface area contributed by atoms with E-state index in [2.05, 4.69) is 20.8 Å². The highest BCUT2D eigenvalue weighted by atomic mass is 16.5. The van der Waals surface area contributed by atoms with Gasteiger partial charge in [-0.1, -0.05) is 33.6 Å². The normalized spacial score (nSPS) is 16.4. The van der Waals surface area contributed by atoms with Gasteiger partial charge in [-0.15, -0.1) is 0 Å². The maximum absolute atomic E-state index is 5.30. The standard InChI is InChI=1S/C10H21O/c1-5-7-8-9(3)10(6-2)11-4/h9-10H,2,5-8H2,1,3-4H3. The van der Waals surface area contributed by atoms with E-state index in [-0.39, 0.29) is 0 Å². The first-order chi connectivity index (χ1) is 5.26. The zero-order chi connectivity index (χ0) is 8.69. The van der Waals surface area contributed by atoms with Crippen molar-refractivity contribution in [3.05, 3.63) is 6.92 Å². The van der Waals surface area contributed by atoms with Gasteiger partial charge in [-0.3, -0.25) is 0 Å². The number of hydrogen-bond acceptors (Lipinski definition) is 1. The van der Waals surface area contributed by atoms with Crippen LogP contribution >= 0.6 is 0 Å². The number of unbranched alkanes of at least 4 members (excludes halogenated alkanes) is 1. The van der Waals surface area contributed by atoms with Gasteiger partial charge in [-0.25, -0.2) is 0 Å². The van der Waals surface area contributed by atoms with Gasteiger partial charge in [-0.05, 0) is 18.8 Å². The minimum Gasteiger partial charge on any atom is -0.381 e. The first kappa shape index (κ1) is 11.0. The molecular weight excluding hydrogens is 136 g/mol. The van der Waals surface area contributed by atoms with Gasteiger partial charge in [0.1, 0.15) is 0 Å². The molecular formula is C10H21O. The lowest BCUT2D eigenvalue weighted by Crippen LogP contribution is -2.19. The Labute approximate surface area is 71.1 Å². The zero-order valence-electron chi connectivity index (χ0n) is 8.10. The van der Waals surface area contributed by atoms with Gasteiger partial charge >= 0.3 is 0 Å². The third-order valence-corrected chi connectivity index (χ3v) is 2.23. The third kappa shape index (κ3) is 4.41. The fourth-order valence-corrected chi connectivity index (χ4v) is 1.35. The van der Waals surface area contributed by atoms with Crippen molar-refractivity contribution in [2.24, 2.45) is 5.92 Å². The van der Waals surface area contributed by atoms with Gasteiger partial charge in [0.15, 0.2) is 0 Å². The SMILES string of the molecule is [CH2]CC(OC)C(C)CCCC. The maximum atomic E-state index is 5.30. The van der Waals surface area contributed by atoms with Gasteiger partial charge in [-0.2, -0.15) is 0 Å². The van der Waals surface area contributed by atoms with Crippen molar-refractivity contribution in [2.75, 3.05) is 7.11 Å². The zero-order valence-corrected chi connectivity index (χ0v) is 8.10. The molecule has 0 aromatic carbocycles. The van der Waals surface area contributed by atoms with Crippen LogP contribution in [0.2, 0.25) is 0 Å². The molecule has 0 bridgehead atoms. The molecule has 2 unspecified atom stereocenters. The topological polar surface area (TPSA) is 9.23 Å². The Morgan fingerprint density at radius 3 is 2.45 bits per heavy atom. The summed E-state index contributed by atoms with van der Waals surface area (Å²) >= 11 is 0. The summed E-state index contributed by atoms with van der Waals surface area (Å²) in [7, 11) is 1.78. The van der Waals surface area contributed by atoms with Crippen LogP contribution < -0.4 is 0 Å². The molecule has 1 radical (unpaired) electrons. The summed E-state index contributed by atoms with van der Waals surface area (Å²) in [6, 6.07) is 0. The van der Waals surface area contributed by atoms with E-state index in [9.17, 15) is 0 Å². The van der Waals surface area contributed by atoms with E-state index in [1.807, 2.05) is 0 Å². The molecule has 67 valence electrons. The smallest absolute Gasteiger partial charge is 0.0596 e. The quantitative estimate of drug-likeness (QED) is 0.576. The molecule has 0 saturated heterocycles. The Morgan fingerprint density at radius 1 is 1.45 bits per heavy atom. The largest absolute Gasteiger partial charge is 0.381 e. The van der Waals surface area contributed by atoms with E-state index < -0.39 is 0 Å². The van der Waals surface area contributed by atoms with E-state index in [1.165, 1.54) is 19.3 Å². The highest BCUT2D eigenvalue weighted by Crippen LogP contribution is 2.16. The molecule has 11 heavy (non-hydrogen) atoms. The molecule has 0 fully saturated rings.